The highest BCUT2D eigenvalue weighted by Crippen LogP contribution is 2.49. The summed E-state index contributed by atoms with van der Waals surface area (Å²) in [5.41, 5.74) is 3.36. The highest BCUT2D eigenvalue weighted by Gasteiger charge is 2.58. The summed E-state index contributed by atoms with van der Waals surface area (Å²) in [6, 6.07) is 30.2. The van der Waals surface area contributed by atoms with Crippen LogP contribution in [0.5, 0.6) is 11.5 Å². The van der Waals surface area contributed by atoms with Gasteiger partial charge in [-0.15, -0.1) is 0 Å². The van der Waals surface area contributed by atoms with Crippen molar-refractivity contribution in [3.05, 3.63) is 130 Å². The first-order chi connectivity index (χ1) is 31.7. The van der Waals surface area contributed by atoms with Gasteiger partial charge in [0.1, 0.15) is 22.6 Å². The minimum Gasteiger partial charge on any atom is -0.497 e. The molecule has 2 saturated heterocycles. The number of amides is 7. The third kappa shape index (κ3) is 9.95. The molecular weight excluding hydrogens is 911 g/mol. The molecule has 16 nitrogen and oxygen atoms in total. The number of halogens is 1. The number of hydrogen-bond donors (Lipinski definition) is 6. The molecular formula is C48H54BBrN6O10. The van der Waals surface area contributed by atoms with Crippen LogP contribution < -0.4 is 36.0 Å². The number of imide groups is 2. The fourth-order valence-electron chi connectivity index (χ4n) is 9.43. The summed E-state index contributed by atoms with van der Waals surface area (Å²) in [6.07, 6.45) is 3.28. The smallest absolute Gasteiger partial charge is 0.373 e. The van der Waals surface area contributed by atoms with Crippen molar-refractivity contribution in [1.29, 1.82) is 0 Å². The van der Waals surface area contributed by atoms with Gasteiger partial charge < -0.3 is 40.0 Å². The fourth-order valence-corrected chi connectivity index (χ4v) is 9.92. The van der Waals surface area contributed by atoms with E-state index in [4.69, 9.17) is 9.47 Å². The predicted molar refractivity (Wildman–Crippen MR) is 249 cm³/mol. The minimum atomic E-state index is -1.09. The molecule has 0 bridgehead atoms. The van der Waals surface area contributed by atoms with Crippen molar-refractivity contribution < 1.29 is 48.0 Å². The van der Waals surface area contributed by atoms with Gasteiger partial charge in [0.05, 0.1) is 33.4 Å². The summed E-state index contributed by atoms with van der Waals surface area (Å²) in [7, 11) is 3.75. The van der Waals surface area contributed by atoms with E-state index in [-0.39, 0.29) is 48.6 Å². The molecule has 3 aliphatic heterocycles. The predicted octanol–water partition coefficient (Wildman–Crippen LogP) is 5.26. The highest BCUT2D eigenvalue weighted by molar-refractivity contribution is 9.08. The number of benzene rings is 4. The van der Waals surface area contributed by atoms with Crippen molar-refractivity contribution in [3.63, 3.8) is 0 Å². The van der Waals surface area contributed by atoms with Crippen LogP contribution in [0.4, 0.5) is 9.59 Å². The Morgan fingerprint density at radius 3 is 1.76 bits per heavy atom. The molecule has 4 fully saturated rings. The van der Waals surface area contributed by atoms with Crippen LogP contribution in [-0.4, -0.2) is 98.2 Å². The largest absolute Gasteiger partial charge is 0.497 e. The average molecular weight is 966 g/mol. The summed E-state index contributed by atoms with van der Waals surface area (Å²) >= 11 is 3.30. The van der Waals surface area contributed by atoms with Gasteiger partial charge >= 0.3 is 25.1 Å². The molecule has 18 heteroatoms. The molecule has 4 aromatic carbocycles. The van der Waals surface area contributed by atoms with Gasteiger partial charge in [0, 0.05) is 24.0 Å². The van der Waals surface area contributed by atoms with Crippen LogP contribution in [0, 0.1) is 11.8 Å². The number of carbonyl (C=O) groups excluding carboxylic acids is 6. The maximum absolute atomic E-state index is 13.0. The van der Waals surface area contributed by atoms with Gasteiger partial charge in [-0.3, -0.25) is 25.0 Å². The van der Waals surface area contributed by atoms with Gasteiger partial charge in [0.15, 0.2) is 0 Å². The van der Waals surface area contributed by atoms with Crippen molar-refractivity contribution in [2.24, 2.45) is 11.8 Å². The van der Waals surface area contributed by atoms with Gasteiger partial charge in [0.25, 0.3) is 17.7 Å². The molecule has 2 saturated carbocycles. The highest BCUT2D eigenvalue weighted by atomic mass is 79.9. The van der Waals surface area contributed by atoms with E-state index in [1.807, 2.05) is 60.7 Å². The zero-order chi connectivity index (χ0) is 47.2. The molecule has 7 amide bonds. The quantitative estimate of drug-likeness (QED) is 0.0440. The Balaban J connectivity index is 0.000000158. The van der Waals surface area contributed by atoms with E-state index in [2.05, 4.69) is 71.4 Å². The second-order valence-corrected chi connectivity index (χ2v) is 17.8. The Hall–Kier alpha value is -6.24. The normalized spacial score (nSPS) is 24.6. The number of carbonyl (C=O) groups is 6. The minimum absolute atomic E-state index is 0.0276. The number of urea groups is 2. The van der Waals surface area contributed by atoms with Gasteiger partial charge in [-0.1, -0.05) is 88.7 Å². The monoisotopic (exact) mass is 964 g/mol. The summed E-state index contributed by atoms with van der Waals surface area (Å²) in [6.45, 7) is 2.40. The van der Waals surface area contributed by atoms with Crippen LogP contribution in [0.1, 0.15) is 80.5 Å². The average Bonchev–Trinajstić information content (AvgIpc) is 3.88. The number of alkyl halides is 1. The molecule has 66 heavy (non-hydrogen) atoms. The van der Waals surface area contributed by atoms with Gasteiger partial charge in [-0.2, -0.15) is 0 Å². The first kappa shape index (κ1) is 47.7. The topological polar surface area (TPSA) is 214 Å². The van der Waals surface area contributed by atoms with Crippen LogP contribution in [0.25, 0.3) is 0 Å². The van der Waals surface area contributed by atoms with E-state index < -0.39 is 30.2 Å². The van der Waals surface area contributed by atoms with Gasteiger partial charge in [-0.05, 0) is 103 Å². The third-order valence-electron chi connectivity index (χ3n) is 13.3. The molecule has 4 aromatic rings. The SMILES string of the molecule is CB(O)NCC1(C2CC(c3ccccc3)C2)NC(=O)NC1=O.COC(=O)c1cc(OC)ccc1CBr.COc1ccc2c(c1)C(=O)N(CC1(C3CC(c4ccccc4)C3)NC(=O)NC1=O)C2. The molecule has 0 radical (unpaired) electrons. The number of nitrogens with zero attached hydrogens (tertiary/aromatic N) is 1. The number of esters is 1. The standard InChI is InChI=1S/C23H23N3O4.C15H20BN3O3.C10H11BrO3/c1-30-18-8-7-15-12-26(20(27)19(15)11-18)13-23(21(28)24-22(29)25-23)17-9-16(10-17)14-5-3-2-4-6-14;1-16(22)17-9-15(13(20)18-14(21)19-15)12-7-11(8-12)10-5-3-2-4-6-10;1-13-8-4-3-7(6-11)9(5-8)10(12)14-2/h2-8,11,16-17H,9-10,12-13H2,1H3,(H2,24,25,28,29);2-6,11-12,17,22H,7-9H2,1H3,(H2,18,19,20,21);3-5H,6H2,1-2H3. The van der Waals surface area contributed by atoms with Crippen molar-refractivity contribution in [2.45, 2.75) is 67.3 Å². The van der Waals surface area contributed by atoms with E-state index in [0.29, 0.717) is 46.3 Å². The Labute approximate surface area is 392 Å². The van der Waals surface area contributed by atoms with E-state index in [1.54, 1.807) is 38.1 Å². The number of fused-ring (bicyclic) bond motifs is 1. The molecule has 2 atom stereocenters. The molecule has 9 rings (SSSR count). The number of nitrogens with one attached hydrogen (secondary N) is 5. The van der Waals surface area contributed by atoms with Crippen molar-refractivity contribution in [3.8, 4) is 11.5 Å². The number of rotatable bonds is 13. The van der Waals surface area contributed by atoms with E-state index in [0.717, 1.165) is 36.8 Å². The summed E-state index contributed by atoms with van der Waals surface area (Å²) < 4.78 is 14.9. The van der Waals surface area contributed by atoms with Crippen LogP contribution >= 0.6 is 15.9 Å². The van der Waals surface area contributed by atoms with E-state index >= 15 is 0 Å². The summed E-state index contributed by atoms with van der Waals surface area (Å²) in [5.74, 6) is 0.942. The second kappa shape index (κ2) is 20.5. The van der Waals surface area contributed by atoms with Gasteiger partial charge in [0.2, 0.25) is 0 Å². The Kier molecular flexibility index (Phi) is 14.8. The van der Waals surface area contributed by atoms with Crippen molar-refractivity contribution in [1.82, 2.24) is 31.4 Å². The zero-order valence-electron chi connectivity index (χ0n) is 37.2. The first-order valence-electron chi connectivity index (χ1n) is 21.8. The van der Waals surface area contributed by atoms with Crippen LogP contribution in [0.2, 0.25) is 6.82 Å². The van der Waals surface area contributed by atoms with E-state index in [9.17, 15) is 33.8 Å². The van der Waals surface area contributed by atoms with Crippen LogP contribution in [-0.2, 0) is 26.2 Å². The molecule has 5 aliphatic rings. The molecule has 0 aromatic heterocycles. The Morgan fingerprint density at radius 2 is 1.27 bits per heavy atom. The summed E-state index contributed by atoms with van der Waals surface area (Å²) in [4.78, 5) is 74.9. The number of methoxy groups -OCH3 is 3. The molecule has 0 spiro atoms. The summed E-state index contributed by atoms with van der Waals surface area (Å²) in [5, 5.41) is 23.3. The Bertz CT molecular complexity index is 2450. The maximum Gasteiger partial charge on any atom is 0.373 e. The lowest BCUT2D eigenvalue weighted by atomic mass is 9.62. The van der Waals surface area contributed by atoms with Crippen molar-refractivity contribution in [2.75, 3.05) is 34.4 Å². The maximum atomic E-state index is 13.0. The lowest BCUT2D eigenvalue weighted by Crippen LogP contribution is -2.63. The second-order valence-electron chi connectivity index (χ2n) is 17.2. The zero-order valence-corrected chi connectivity index (χ0v) is 38.8. The molecule has 2 aliphatic carbocycles. The Morgan fingerprint density at radius 1 is 0.758 bits per heavy atom. The molecule has 346 valence electrons. The number of hydrogen-bond acceptors (Lipinski definition) is 11. The van der Waals surface area contributed by atoms with Crippen LogP contribution in [0.3, 0.4) is 0 Å². The van der Waals surface area contributed by atoms with Gasteiger partial charge in [-0.25, -0.2) is 14.4 Å². The fraction of sp³-hybridized carbons (Fsp3) is 0.375. The lowest BCUT2D eigenvalue weighted by molar-refractivity contribution is -0.128. The molecule has 3 heterocycles. The van der Waals surface area contributed by atoms with E-state index in [1.165, 1.54) is 18.2 Å². The molecule has 2 unspecified atom stereocenters. The van der Waals surface area contributed by atoms with Crippen molar-refractivity contribution >= 4 is 58.7 Å². The number of ether oxygens (including phenoxy) is 3. The lowest BCUT2D eigenvalue weighted by Gasteiger charge is -2.46. The third-order valence-corrected chi connectivity index (χ3v) is 13.9. The van der Waals surface area contributed by atoms with Crippen LogP contribution in [0.15, 0.2) is 97.1 Å². The first-order valence-corrected chi connectivity index (χ1v) is 22.9. The molecule has 6 N–H and O–H groups in total.